The average Bonchev–Trinajstić information content (AvgIpc) is 2.37. The predicted octanol–water partition coefficient (Wildman–Crippen LogP) is 3.06. The van der Waals surface area contributed by atoms with Crippen LogP contribution in [0.25, 0.3) is 0 Å². The van der Waals surface area contributed by atoms with E-state index in [1.54, 1.807) is 13.2 Å². The summed E-state index contributed by atoms with van der Waals surface area (Å²) >= 11 is 6.08. The lowest BCUT2D eigenvalue weighted by Crippen LogP contribution is -2.04. The Kier molecular flexibility index (Phi) is 3.99. The number of nitrogens with one attached hydrogen (secondary N) is 1. The Bertz CT molecular complexity index is 546. The average molecular weight is 264 g/mol. The minimum Gasteiger partial charge on any atom is -0.481 e. The molecule has 1 aromatic carbocycles. The Morgan fingerprint density at radius 2 is 2.06 bits per heavy atom. The van der Waals surface area contributed by atoms with E-state index in [1.165, 1.54) is 0 Å². The Morgan fingerprint density at radius 3 is 2.78 bits per heavy atom. The number of anilines is 1. The molecule has 0 aliphatic carbocycles. The van der Waals surface area contributed by atoms with Crippen molar-refractivity contribution in [3.05, 3.63) is 46.7 Å². The number of hydrogen-bond acceptors (Lipinski definition) is 4. The van der Waals surface area contributed by atoms with Crippen LogP contribution in [-0.2, 0) is 6.54 Å². The van der Waals surface area contributed by atoms with Gasteiger partial charge >= 0.3 is 0 Å². The van der Waals surface area contributed by atoms with Crippen LogP contribution in [0.4, 0.5) is 5.82 Å². The monoisotopic (exact) mass is 263 g/mol. The van der Waals surface area contributed by atoms with Gasteiger partial charge in [-0.1, -0.05) is 29.8 Å². The van der Waals surface area contributed by atoms with Crippen molar-refractivity contribution in [1.82, 2.24) is 9.97 Å². The Labute approximate surface area is 111 Å². The van der Waals surface area contributed by atoms with E-state index in [-0.39, 0.29) is 0 Å². The molecule has 94 valence electrons. The van der Waals surface area contributed by atoms with E-state index in [0.717, 1.165) is 16.4 Å². The fraction of sp³-hybridized carbons (Fsp3) is 0.231. The van der Waals surface area contributed by atoms with Crippen LogP contribution in [0.5, 0.6) is 5.88 Å². The second-order valence-corrected chi connectivity index (χ2v) is 4.19. The maximum atomic E-state index is 6.08. The van der Waals surface area contributed by atoms with Crippen molar-refractivity contribution < 1.29 is 4.74 Å². The van der Waals surface area contributed by atoms with Gasteiger partial charge in [0.25, 0.3) is 0 Å². The summed E-state index contributed by atoms with van der Waals surface area (Å²) in [5.41, 5.74) is 1.02. The van der Waals surface area contributed by atoms with Gasteiger partial charge in [0.1, 0.15) is 11.6 Å². The van der Waals surface area contributed by atoms with Crippen LogP contribution >= 0.6 is 11.6 Å². The quantitative estimate of drug-likeness (QED) is 0.921. The second kappa shape index (κ2) is 5.69. The van der Waals surface area contributed by atoms with Gasteiger partial charge < -0.3 is 10.1 Å². The molecule has 18 heavy (non-hydrogen) atoms. The van der Waals surface area contributed by atoms with E-state index in [4.69, 9.17) is 16.3 Å². The Balaban J connectivity index is 2.11. The zero-order chi connectivity index (χ0) is 13.0. The predicted molar refractivity (Wildman–Crippen MR) is 72.1 cm³/mol. The van der Waals surface area contributed by atoms with Crippen LogP contribution in [0.1, 0.15) is 11.4 Å². The molecular weight excluding hydrogens is 250 g/mol. The molecule has 1 heterocycles. The van der Waals surface area contributed by atoms with Gasteiger partial charge in [0.2, 0.25) is 5.88 Å². The van der Waals surface area contributed by atoms with Crippen molar-refractivity contribution >= 4 is 17.4 Å². The second-order valence-electron chi connectivity index (χ2n) is 3.79. The topological polar surface area (TPSA) is 47.0 Å². The number of rotatable bonds is 4. The first-order chi connectivity index (χ1) is 8.69. The van der Waals surface area contributed by atoms with Crippen LogP contribution in [0.3, 0.4) is 0 Å². The van der Waals surface area contributed by atoms with Crippen molar-refractivity contribution in [3.63, 3.8) is 0 Å². The Morgan fingerprint density at radius 1 is 1.28 bits per heavy atom. The van der Waals surface area contributed by atoms with Crippen molar-refractivity contribution in [2.45, 2.75) is 13.5 Å². The summed E-state index contributed by atoms with van der Waals surface area (Å²) in [7, 11) is 1.58. The third-order valence-electron chi connectivity index (χ3n) is 2.44. The number of aryl methyl sites for hydroxylation is 1. The summed E-state index contributed by atoms with van der Waals surface area (Å²) in [5.74, 6) is 1.93. The van der Waals surface area contributed by atoms with Gasteiger partial charge in [0.15, 0.2) is 0 Å². The summed E-state index contributed by atoms with van der Waals surface area (Å²) < 4.78 is 5.09. The number of halogens is 1. The van der Waals surface area contributed by atoms with E-state index in [1.807, 2.05) is 31.2 Å². The lowest BCUT2D eigenvalue weighted by molar-refractivity contribution is 0.396. The highest BCUT2D eigenvalue weighted by Gasteiger charge is 2.03. The van der Waals surface area contributed by atoms with Gasteiger partial charge in [-0.2, -0.15) is 4.98 Å². The fourth-order valence-electron chi connectivity index (χ4n) is 1.56. The molecule has 0 spiro atoms. The molecule has 0 bridgehead atoms. The van der Waals surface area contributed by atoms with E-state index in [9.17, 15) is 0 Å². The first kappa shape index (κ1) is 12.6. The molecule has 0 fully saturated rings. The van der Waals surface area contributed by atoms with Crippen LogP contribution in [0.2, 0.25) is 5.02 Å². The zero-order valence-electron chi connectivity index (χ0n) is 10.3. The normalized spacial score (nSPS) is 10.2. The molecule has 0 amide bonds. The number of methoxy groups -OCH3 is 1. The number of aromatic nitrogens is 2. The molecule has 0 atom stereocenters. The van der Waals surface area contributed by atoms with Crippen LogP contribution in [-0.4, -0.2) is 17.1 Å². The largest absolute Gasteiger partial charge is 0.481 e. The molecule has 0 aliphatic heterocycles. The first-order valence-electron chi connectivity index (χ1n) is 5.56. The summed E-state index contributed by atoms with van der Waals surface area (Å²) in [6.45, 7) is 2.43. The van der Waals surface area contributed by atoms with Crippen molar-refractivity contribution in [3.8, 4) is 5.88 Å². The van der Waals surface area contributed by atoms with Crippen LogP contribution in [0.15, 0.2) is 30.3 Å². The van der Waals surface area contributed by atoms with E-state index in [2.05, 4.69) is 15.3 Å². The highest BCUT2D eigenvalue weighted by atomic mass is 35.5. The summed E-state index contributed by atoms with van der Waals surface area (Å²) in [6.07, 6.45) is 0. The summed E-state index contributed by atoms with van der Waals surface area (Å²) in [4.78, 5) is 8.41. The molecule has 0 saturated carbocycles. The molecule has 0 aliphatic rings. The van der Waals surface area contributed by atoms with Gasteiger partial charge in [-0.25, -0.2) is 4.98 Å². The van der Waals surface area contributed by atoms with Gasteiger partial charge in [-0.05, 0) is 18.6 Å². The van der Waals surface area contributed by atoms with Crippen molar-refractivity contribution in [2.24, 2.45) is 0 Å². The third-order valence-corrected chi connectivity index (χ3v) is 2.81. The van der Waals surface area contributed by atoms with Crippen LogP contribution in [0, 0.1) is 6.92 Å². The van der Waals surface area contributed by atoms with Gasteiger partial charge in [-0.15, -0.1) is 0 Å². The molecule has 4 nitrogen and oxygen atoms in total. The van der Waals surface area contributed by atoms with Crippen LogP contribution < -0.4 is 10.1 Å². The highest BCUT2D eigenvalue weighted by molar-refractivity contribution is 6.31. The summed E-state index contributed by atoms with van der Waals surface area (Å²) in [5, 5.41) is 3.94. The van der Waals surface area contributed by atoms with Gasteiger partial charge in [-0.3, -0.25) is 0 Å². The lowest BCUT2D eigenvalue weighted by Gasteiger charge is -2.09. The maximum absolute atomic E-state index is 6.08. The summed E-state index contributed by atoms with van der Waals surface area (Å²) in [6, 6.07) is 9.45. The minimum atomic E-state index is 0.546. The minimum absolute atomic E-state index is 0.546. The van der Waals surface area contributed by atoms with E-state index in [0.29, 0.717) is 18.2 Å². The van der Waals surface area contributed by atoms with Crippen molar-refractivity contribution in [2.75, 3.05) is 12.4 Å². The van der Waals surface area contributed by atoms with Crippen molar-refractivity contribution in [1.29, 1.82) is 0 Å². The lowest BCUT2D eigenvalue weighted by atomic mass is 10.2. The number of nitrogens with zero attached hydrogens (tertiary/aromatic N) is 2. The molecule has 0 unspecified atom stereocenters. The molecule has 1 N–H and O–H groups in total. The highest BCUT2D eigenvalue weighted by Crippen LogP contribution is 2.18. The van der Waals surface area contributed by atoms with E-state index < -0.39 is 0 Å². The molecule has 1 aromatic heterocycles. The van der Waals surface area contributed by atoms with E-state index >= 15 is 0 Å². The fourth-order valence-corrected chi connectivity index (χ4v) is 1.77. The Hall–Kier alpha value is -1.81. The van der Waals surface area contributed by atoms with Gasteiger partial charge in [0.05, 0.1) is 7.11 Å². The molecule has 5 heteroatoms. The zero-order valence-corrected chi connectivity index (χ0v) is 11.0. The third kappa shape index (κ3) is 3.11. The first-order valence-corrected chi connectivity index (χ1v) is 5.94. The molecule has 2 aromatic rings. The SMILES string of the molecule is COc1cc(NCc2ccccc2Cl)nc(C)n1. The number of ether oxygens (including phenoxy) is 1. The number of hydrogen-bond donors (Lipinski definition) is 1. The number of benzene rings is 1. The maximum Gasteiger partial charge on any atom is 0.218 e. The van der Waals surface area contributed by atoms with Gasteiger partial charge in [0, 0.05) is 17.6 Å². The molecule has 0 radical (unpaired) electrons. The standard InChI is InChI=1S/C13H14ClN3O/c1-9-16-12(7-13(17-9)18-2)15-8-10-5-3-4-6-11(10)14/h3-7H,8H2,1-2H3,(H,15,16,17). The molecular formula is C13H14ClN3O. The molecule has 0 saturated heterocycles. The smallest absolute Gasteiger partial charge is 0.218 e. The molecule has 2 rings (SSSR count).